The van der Waals surface area contributed by atoms with Crippen LogP contribution in [-0.2, 0) is 19.6 Å². The molecule has 182 valence electrons. The van der Waals surface area contributed by atoms with Gasteiger partial charge in [-0.05, 0) is 49.2 Å². The fraction of sp³-hybridized carbons (Fsp3) is 0.304. The molecule has 8 nitrogen and oxygen atoms in total. The van der Waals surface area contributed by atoms with Crippen molar-refractivity contribution in [2.24, 2.45) is 0 Å². The van der Waals surface area contributed by atoms with Gasteiger partial charge in [0.05, 0.1) is 4.90 Å². The Kier molecular flexibility index (Phi) is 8.35. The fourth-order valence-electron chi connectivity index (χ4n) is 3.54. The predicted octanol–water partition coefficient (Wildman–Crippen LogP) is 3.23. The van der Waals surface area contributed by atoms with Gasteiger partial charge in [0.2, 0.25) is 21.8 Å². The number of halogens is 2. The Morgan fingerprint density at radius 3 is 2.35 bits per heavy atom. The smallest absolute Gasteiger partial charge is 0.387 e. The average molecular weight is 494 g/mol. The van der Waals surface area contributed by atoms with Crippen LogP contribution in [0, 0.1) is 0 Å². The van der Waals surface area contributed by atoms with Crippen molar-refractivity contribution in [3.05, 3.63) is 60.2 Å². The summed E-state index contributed by atoms with van der Waals surface area (Å²) in [6, 6.07) is 11.8. The summed E-state index contributed by atoms with van der Waals surface area (Å²) in [5.41, 5.74) is 0.840. The maximum absolute atomic E-state index is 12.9. The van der Waals surface area contributed by atoms with Crippen LogP contribution < -0.4 is 15.4 Å². The molecule has 0 atom stereocenters. The molecule has 0 saturated carbocycles. The molecule has 2 N–H and O–H groups in total. The predicted molar refractivity (Wildman–Crippen MR) is 123 cm³/mol. The van der Waals surface area contributed by atoms with Crippen molar-refractivity contribution >= 4 is 33.6 Å². The van der Waals surface area contributed by atoms with Crippen molar-refractivity contribution in [3.8, 4) is 5.75 Å². The molecule has 1 saturated heterocycles. The minimum atomic E-state index is -3.70. The van der Waals surface area contributed by atoms with Gasteiger partial charge < -0.3 is 15.4 Å². The number of ether oxygens (including phenoxy) is 1. The van der Waals surface area contributed by atoms with Gasteiger partial charge in [-0.3, -0.25) is 9.59 Å². The highest BCUT2D eigenvalue weighted by Gasteiger charge is 2.29. The molecule has 0 radical (unpaired) electrons. The van der Waals surface area contributed by atoms with Crippen molar-refractivity contribution in [1.82, 2.24) is 9.62 Å². The number of alkyl halides is 2. The zero-order chi connectivity index (χ0) is 24.7. The summed E-state index contributed by atoms with van der Waals surface area (Å²) in [6.07, 6.45) is 3.46. The lowest BCUT2D eigenvalue weighted by Gasteiger charge is -2.31. The van der Waals surface area contributed by atoms with Gasteiger partial charge in [0.25, 0.3) is 0 Å². The van der Waals surface area contributed by atoms with E-state index in [4.69, 9.17) is 0 Å². The van der Waals surface area contributed by atoms with E-state index in [0.717, 1.165) is 0 Å². The van der Waals surface area contributed by atoms with Crippen LogP contribution in [0.2, 0.25) is 0 Å². The quantitative estimate of drug-likeness (QED) is 0.550. The standard InChI is InChI=1S/C23H25F2N3O5S/c1-16(29)26-18-7-9-20(10-8-18)34(31,32)28-14-12-19(13-15-28)27-22(30)11-6-17-4-2-3-5-21(17)33-23(24)25/h2-11,19,23H,12-15H2,1H3,(H,26,29)(H,27,30)/b11-6+. The number of carbonyl (C=O) groups is 2. The fourth-order valence-corrected chi connectivity index (χ4v) is 5.01. The number of sulfonamides is 1. The second kappa shape index (κ2) is 11.2. The van der Waals surface area contributed by atoms with Gasteiger partial charge in [0.1, 0.15) is 5.75 Å². The minimum absolute atomic E-state index is 0.0369. The molecule has 1 aliphatic heterocycles. The van der Waals surface area contributed by atoms with E-state index in [1.807, 2.05) is 0 Å². The molecule has 0 aromatic heterocycles. The summed E-state index contributed by atoms with van der Waals surface area (Å²) in [5, 5.41) is 5.40. The summed E-state index contributed by atoms with van der Waals surface area (Å²) >= 11 is 0. The first-order chi connectivity index (χ1) is 16.1. The number of anilines is 1. The van der Waals surface area contributed by atoms with Crippen molar-refractivity contribution in [1.29, 1.82) is 0 Å². The van der Waals surface area contributed by atoms with Gasteiger partial charge in [-0.25, -0.2) is 8.42 Å². The van der Waals surface area contributed by atoms with E-state index >= 15 is 0 Å². The second-order valence-electron chi connectivity index (χ2n) is 7.64. The Morgan fingerprint density at radius 2 is 1.74 bits per heavy atom. The van der Waals surface area contributed by atoms with Crippen molar-refractivity contribution in [3.63, 3.8) is 0 Å². The molecule has 0 unspecified atom stereocenters. The third-order valence-electron chi connectivity index (χ3n) is 5.16. The van der Waals surface area contributed by atoms with E-state index in [1.54, 1.807) is 18.2 Å². The molecule has 3 rings (SSSR count). The molecule has 2 aromatic rings. The van der Waals surface area contributed by atoms with Crippen LogP contribution in [0.4, 0.5) is 14.5 Å². The SMILES string of the molecule is CC(=O)Nc1ccc(S(=O)(=O)N2CCC(NC(=O)/C=C/c3ccccc3OC(F)F)CC2)cc1. The van der Waals surface area contributed by atoms with Gasteiger partial charge in [0, 0.05) is 43.4 Å². The van der Waals surface area contributed by atoms with Gasteiger partial charge in [-0.15, -0.1) is 0 Å². The van der Waals surface area contributed by atoms with Crippen LogP contribution in [0.15, 0.2) is 59.5 Å². The van der Waals surface area contributed by atoms with Gasteiger partial charge in [0.15, 0.2) is 0 Å². The normalized spacial score (nSPS) is 15.4. The third-order valence-corrected chi connectivity index (χ3v) is 7.07. The Labute approximate surface area is 196 Å². The summed E-state index contributed by atoms with van der Waals surface area (Å²) < 4.78 is 56.6. The van der Waals surface area contributed by atoms with Crippen LogP contribution in [-0.4, -0.2) is 50.3 Å². The number of nitrogens with zero attached hydrogens (tertiary/aromatic N) is 1. The Morgan fingerprint density at radius 1 is 1.09 bits per heavy atom. The Bertz CT molecular complexity index is 1150. The summed E-state index contributed by atoms with van der Waals surface area (Å²) in [5.74, 6) is -0.702. The molecule has 2 aromatic carbocycles. The maximum atomic E-state index is 12.9. The monoisotopic (exact) mass is 493 g/mol. The molecular formula is C23H25F2N3O5S. The number of nitrogens with one attached hydrogen (secondary N) is 2. The van der Waals surface area contributed by atoms with Crippen molar-refractivity contribution in [2.45, 2.75) is 37.3 Å². The number of amides is 2. The van der Waals surface area contributed by atoms with E-state index in [-0.39, 0.29) is 35.7 Å². The summed E-state index contributed by atoms with van der Waals surface area (Å²) in [7, 11) is -3.70. The van der Waals surface area contributed by atoms with Crippen molar-refractivity contribution in [2.75, 3.05) is 18.4 Å². The van der Waals surface area contributed by atoms with E-state index in [0.29, 0.717) is 24.1 Å². The molecule has 1 fully saturated rings. The highest BCUT2D eigenvalue weighted by atomic mass is 32.2. The van der Waals surface area contributed by atoms with Crippen LogP contribution in [0.3, 0.4) is 0 Å². The van der Waals surface area contributed by atoms with Crippen LogP contribution in [0.25, 0.3) is 6.08 Å². The summed E-state index contributed by atoms with van der Waals surface area (Å²) in [6.45, 7) is -1.14. The van der Waals surface area contributed by atoms with E-state index in [2.05, 4.69) is 15.4 Å². The number of hydrogen-bond donors (Lipinski definition) is 2. The molecule has 1 heterocycles. The first-order valence-electron chi connectivity index (χ1n) is 10.6. The maximum Gasteiger partial charge on any atom is 0.387 e. The number of carbonyl (C=O) groups excluding carboxylic acids is 2. The number of para-hydroxylation sites is 1. The first kappa shape index (κ1) is 25.3. The molecule has 0 bridgehead atoms. The van der Waals surface area contributed by atoms with E-state index in [1.165, 1.54) is 53.7 Å². The highest BCUT2D eigenvalue weighted by molar-refractivity contribution is 7.89. The highest BCUT2D eigenvalue weighted by Crippen LogP contribution is 2.23. The lowest BCUT2D eigenvalue weighted by atomic mass is 10.1. The molecular weight excluding hydrogens is 468 g/mol. The minimum Gasteiger partial charge on any atom is -0.434 e. The topological polar surface area (TPSA) is 105 Å². The van der Waals surface area contributed by atoms with Crippen LogP contribution in [0.1, 0.15) is 25.3 Å². The zero-order valence-corrected chi connectivity index (χ0v) is 19.2. The molecule has 0 aliphatic carbocycles. The Balaban J connectivity index is 1.54. The summed E-state index contributed by atoms with van der Waals surface area (Å²) in [4.78, 5) is 23.5. The van der Waals surface area contributed by atoms with Gasteiger partial charge in [-0.2, -0.15) is 13.1 Å². The molecule has 2 amide bonds. The van der Waals surface area contributed by atoms with E-state index < -0.39 is 22.5 Å². The molecule has 34 heavy (non-hydrogen) atoms. The number of benzene rings is 2. The van der Waals surface area contributed by atoms with Crippen molar-refractivity contribution < 1.29 is 31.5 Å². The molecule has 1 aliphatic rings. The van der Waals surface area contributed by atoms with Crippen LogP contribution in [0.5, 0.6) is 5.75 Å². The molecule has 0 spiro atoms. The zero-order valence-electron chi connectivity index (χ0n) is 18.4. The Hall–Kier alpha value is -3.31. The third kappa shape index (κ3) is 6.84. The van der Waals surface area contributed by atoms with Gasteiger partial charge in [-0.1, -0.05) is 18.2 Å². The number of hydrogen-bond acceptors (Lipinski definition) is 5. The average Bonchev–Trinajstić information content (AvgIpc) is 2.78. The largest absolute Gasteiger partial charge is 0.434 e. The first-order valence-corrected chi connectivity index (χ1v) is 12.0. The lowest BCUT2D eigenvalue weighted by molar-refractivity contribution is -0.117. The molecule has 11 heteroatoms. The lowest BCUT2D eigenvalue weighted by Crippen LogP contribution is -2.46. The number of piperidine rings is 1. The van der Waals surface area contributed by atoms with E-state index in [9.17, 15) is 26.8 Å². The number of rotatable bonds is 8. The van der Waals surface area contributed by atoms with Gasteiger partial charge >= 0.3 is 6.61 Å². The van der Waals surface area contributed by atoms with Crippen LogP contribution >= 0.6 is 0 Å². The second-order valence-corrected chi connectivity index (χ2v) is 9.58.